The van der Waals surface area contributed by atoms with Gasteiger partial charge in [0, 0.05) is 5.69 Å². The molecule has 0 saturated carbocycles. The summed E-state index contributed by atoms with van der Waals surface area (Å²) in [5, 5.41) is 2.33. The summed E-state index contributed by atoms with van der Waals surface area (Å²) in [4.78, 5) is 20.2. The molecule has 1 N–H and O–H groups in total. The van der Waals surface area contributed by atoms with Gasteiger partial charge in [0.1, 0.15) is 0 Å². The van der Waals surface area contributed by atoms with Crippen LogP contribution in [-0.2, 0) is 9.59 Å². The van der Waals surface area contributed by atoms with Crippen LogP contribution in [0.2, 0.25) is 0 Å². The lowest BCUT2D eigenvalue weighted by Gasteiger charge is -1.96. The van der Waals surface area contributed by atoms with Gasteiger partial charge < -0.3 is 5.32 Å². The van der Waals surface area contributed by atoms with E-state index in [1.165, 1.54) is 6.29 Å². The molecule has 1 aromatic carbocycles. The first kappa shape index (κ1) is 7.47. The van der Waals surface area contributed by atoms with E-state index in [-0.39, 0.29) is 0 Å². The highest BCUT2D eigenvalue weighted by Gasteiger charge is 1.97. The molecule has 11 heavy (non-hydrogen) atoms. The number of nitrogens with one attached hydrogen (secondary N) is 1. The van der Waals surface area contributed by atoms with Gasteiger partial charge in [0.15, 0.2) is 0 Å². The molecular formula is C8H6NO2. The zero-order valence-corrected chi connectivity index (χ0v) is 5.70. The van der Waals surface area contributed by atoms with Crippen LogP contribution in [0.4, 0.5) is 5.69 Å². The van der Waals surface area contributed by atoms with Gasteiger partial charge in [0.25, 0.3) is 6.29 Å². The van der Waals surface area contributed by atoms with Gasteiger partial charge in [0.05, 0.1) is 0 Å². The minimum atomic E-state index is -0.754. The number of hydrogen-bond donors (Lipinski definition) is 1. The minimum absolute atomic E-state index is 0.598. The van der Waals surface area contributed by atoms with Crippen molar-refractivity contribution in [3.05, 3.63) is 30.3 Å². The molecule has 0 aliphatic carbocycles. The van der Waals surface area contributed by atoms with Gasteiger partial charge in [-0.05, 0) is 12.1 Å². The lowest BCUT2D eigenvalue weighted by atomic mass is 10.3. The molecule has 1 amide bonds. The molecule has 0 unspecified atom stereocenters. The Morgan fingerprint density at radius 3 is 2.45 bits per heavy atom. The number of anilines is 1. The maximum Gasteiger partial charge on any atom is 0.300 e. The van der Waals surface area contributed by atoms with Crippen LogP contribution >= 0.6 is 0 Å². The van der Waals surface area contributed by atoms with E-state index in [9.17, 15) is 9.59 Å². The normalized spacial score (nSPS) is 8.73. The van der Waals surface area contributed by atoms with Crippen LogP contribution in [0.3, 0.4) is 0 Å². The van der Waals surface area contributed by atoms with Crippen LogP contribution < -0.4 is 5.32 Å². The van der Waals surface area contributed by atoms with E-state index in [1.807, 2.05) is 6.07 Å². The maximum atomic E-state index is 10.4. The van der Waals surface area contributed by atoms with Crippen molar-refractivity contribution in [3.8, 4) is 0 Å². The Morgan fingerprint density at radius 1 is 1.27 bits per heavy atom. The fourth-order valence-corrected chi connectivity index (χ4v) is 0.678. The van der Waals surface area contributed by atoms with Gasteiger partial charge in [-0.1, -0.05) is 18.2 Å². The number of carbonyl (C=O) groups excluding carboxylic acids is 2. The van der Waals surface area contributed by atoms with Crippen molar-refractivity contribution in [1.29, 1.82) is 0 Å². The van der Waals surface area contributed by atoms with Crippen LogP contribution in [0.1, 0.15) is 0 Å². The van der Waals surface area contributed by atoms with E-state index < -0.39 is 5.91 Å². The molecule has 1 rings (SSSR count). The van der Waals surface area contributed by atoms with Crippen molar-refractivity contribution in [1.82, 2.24) is 0 Å². The molecule has 0 aliphatic rings. The number of carbonyl (C=O) groups is 1. The average molecular weight is 148 g/mol. The van der Waals surface area contributed by atoms with Crippen molar-refractivity contribution in [2.24, 2.45) is 0 Å². The zero-order chi connectivity index (χ0) is 8.10. The molecule has 1 aromatic rings. The summed E-state index contributed by atoms with van der Waals surface area (Å²) in [7, 11) is 0. The quantitative estimate of drug-likeness (QED) is 0.628. The molecule has 0 spiro atoms. The van der Waals surface area contributed by atoms with Gasteiger partial charge in [-0.2, -0.15) is 0 Å². The summed E-state index contributed by atoms with van der Waals surface area (Å²) < 4.78 is 0. The first-order chi connectivity index (χ1) is 5.33. The van der Waals surface area contributed by atoms with Gasteiger partial charge in [-0.25, -0.2) is 0 Å². The standard InChI is InChI=1S/C8H6NO2/c10-6-8(11)9-7-4-2-1-3-5-7/h1-5H,(H,9,11). The second kappa shape index (κ2) is 3.51. The lowest BCUT2D eigenvalue weighted by Crippen LogP contribution is -2.11. The number of hydrogen-bond acceptors (Lipinski definition) is 2. The number of para-hydroxylation sites is 1. The Labute approximate surface area is 64.0 Å². The monoisotopic (exact) mass is 148 g/mol. The highest BCUT2D eigenvalue weighted by Crippen LogP contribution is 2.03. The van der Waals surface area contributed by atoms with Crippen LogP contribution in [-0.4, -0.2) is 12.2 Å². The predicted molar refractivity (Wildman–Crippen MR) is 40.8 cm³/mol. The highest BCUT2D eigenvalue weighted by atomic mass is 16.2. The topological polar surface area (TPSA) is 46.2 Å². The third-order valence-corrected chi connectivity index (χ3v) is 1.12. The molecular weight excluding hydrogens is 142 g/mol. The molecule has 1 radical (unpaired) electrons. The molecule has 3 nitrogen and oxygen atoms in total. The second-order valence-electron chi connectivity index (χ2n) is 1.92. The Morgan fingerprint density at radius 2 is 1.91 bits per heavy atom. The average Bonchev–Trinajstić information content (AvgIpc) is 2.06. The summed E-state index contributed by atoms with van der Waals surface area (Å²) in [6.07, 6.45) is 1.21. The predicted octanol–water partition coefficient (Wildman–Crippen LogP) is 0.735. The van der Waals surface area contributed by atoms with Crippen LogP contribution in [0.15, 0.2) is 30.3 Å². The molecule has 0 aromatic heterocycles. The number of benzene rings is 1. The molecule has 0 bridgehead atoms. The summed E-state index contributed by atoms with van der Waals surface area (Å²) in [5.41, 5.74) is 0.598. The van der Waals surface area contributed by atoms with E-state index in [1.54, 1.807) is 24.3 Å². The molecule has 0 heterocycles. The minimum Gasteiger partial charge on any atom is -0.319 e. The van der Waals surface area contributed by atoms with Crippen molar-refractivity contribution >= 4 is 17.9 Å². The van der Waals surface area contributed by atoms with Crippen LogP contribution in [0.5, 0.6) is 0 Å². The SMILES string of the molecule is O=[C]C(=O)Nc1ccccc1. The number of rotatable bonds is 2. The Balaban J connectivity index is 2.65. The van der Waals surface area contributed by atoms with Gasteiger partial charge in [-0.15, -0.1) is 0 Å². The van der Waals surface area contributed by atoms with Crippen molar-refractivity contribution in [2.45, 2.75) is 0 Å². The molecule has 0 saturated heterocycles. The van der Waals surface area contributed by atoms with Crippen molar-refractivity contribution < 1.29 is 9.59 Å². The Bertz CT molecular complexity index is 256. The van der Waals surface area contributed by atoms with E-state index in [4.69, 9.17) is 0 Å². The molecule has 55 valence electrons. The van der Waals surface area contributed by atoms with Gasteiger partial charge >= 0.3 is 5.91 Å². The molecule has 0 aliphatic heterocycles. The number of amides is 1. The fraction of sp³-hybridized carbons (Fsp3) is 0. The van der Waals surface area contributed by atoms with Crippen molar-refractivity contribution in [2.75, 3.05) is 5.32 Å². The largest absolute Gasteiger partial charge is 0.319 e. The Kier molecular flexibility index (Phi) is 2.38. The van der Waals surface area contributed by atoms with E-state index in [0.29, 0.717) is 5.69 Å². The van der Waals surface area contributed by atoms with Crippen LogP contribution in [0.25, 0.3) is 0 Å². The Hall–Kier alpha value is -1.64. The first-order valence-corrected chi connectivity index (χ1v) is 3.07. The van der Waals surface area contributed by atoms with Gasteiger partial charge in [-0.3, -0.25) is 9.59 Å². The summed E-state index contributed by atoms with van der Waals surface area (Å²) in [6.45, 7) is 0. The van der Waals surface area contributed by atoms with Crippen LogP contribution in [0, 0.1) is 0 Å². The van der Waals surface area contributed by atoms with Crippen molar-refractivity contribution in [3.63, 3.8) is 0 Å². The van der Waals surface area contributed by atoms with E-state index >= 15 is 0 Å². The third kappa shape index (κ3) is 2.21. The summed E-state index contributed by atoms with van der Waals surface area (Å²) in [5.74, 6) is -0.754. The molecule has 0 fully saturated rings. The molecule has 0 atom stereocenters. The van der Waals surface area contributed by atoms with E-state index in [0.717, 1.165) is 0 Å². The van der Waals surface area contributed by atoms with E-state index in [2.05, 4.69) is 5.32 Å². The smallest absolute Gasteiger partial charge is 0.300 e. The fourth-order valence-electron chi connectivity index (χ4n) is 0.678. The highest BCUT2D eigenvalue weighted by molar-refractivity contribution is 6.29. The maximum absolute atomic E-state index is 10.4. The lowest BCUT2D eigenvalue weighted by molar-refractivity contribution is -0.110. The second-order valence-corrected chi connectivity index (χ2v) is 1.92. The zero-order valence-electron chi connectivity index (χ0n) is 5.70. The summed E-state index contributed by atoms with van der Waals surface area (Å²) >= 11 is 0. The molecule has 3 heteroatoms. The summed E-state index contributed by atoms with van der Waals surface area (Å²) in [6, 6.07) is 8.73. The first-order valence-electron chi connectivity index (χ1n) is 3.07. The third-order valence-electron chi connectivity index (χ3n) is 1.12. The van der Waals surface area contributed by atoms with Gasteiger partial charge in [0.2, 0.25) is 0 Å².